The predicted molar refractivity (Wildman–Crippen MR) is 79.4 cm³/mol. The molecule has 1 aromatic rings. The first kappa shape index (κ1) is 18.1. The number of sulfone groups is 1. The highest BCUT2D eigenvalue weighted by atomic mass is 32.2. The highest BCUT2D eigenvalue weighted by molar-refractivity contribution is 7.90. The Balaban J connectivity index is 2.39. The Labute approximate surface area is 127 Å². The molecule has 8 heteroatoms. The fourth-order valence-electron chi connectivity index (χ4n) is 1.54. The monoisotopic (exact) mass is 333 g/mol. The van der Waals surface area contributed by atoms with E-state index in [0.29, 0.717) is 12.0 Å². The van der Waals surface area contributed by atoms with Gasteiger partial charge in [0.05, 0.1) is 5.75 Å². The quantitative estimate of drug-likeness (QED) is 0.582. The maximum Gasteiger partial charge on any atom is 0.387 e. The van der Waals surface area contributed by atoms with Crippen molar-refractivity contribution in [3.63, 3.8) is 0 Å². The Bertz CT molecular complexity index is 612. The Hall–Kier alpha value is -1.96. The zero-order valence-electron chi connectivity index (χ0n) is 12.0. The SMILES string of the molecule is CS(=O)(=O)CCCNC(=O)C=Cc1ccc(OC(F)F)cc1. The summed E-state index contributed by atoms with van der Waals surface area (Å²) in [5, 5.41) is 2.55. The van der Waals surface area contributed by atoms with E-state index in [9.17, 15) is 22.0 Å². The number of ether oxygens (including phenoxy) is 1. The van der Waals surface area contributed by atoms with E-state index in [4.69, 9.17) is 0 Å². The lowest BCUT2D eigenvalue weighted by Crippen LogP contribution is -2.23. The van der Waals surface area contributed by atoms with E-state index in [1.54, 1.807) is 0 Å². The van der Waals surface area contributed by atoms with Gasteiger partial charge in [-0.05, 0) is 30.2 Å². The number of nitrogens with one attached hydrogen (secondary N) is 1. The lowest BCUT2D eigenvalue weighted by Gasteiger charge is -2.04. The van der Waals surface area contributed by atoms with Gasteiger partial charge in [0.25, 0.3) is 0 Å². The van der Waals surface area contributed by atoms with Gasteiger partial charge in [0.2, 0.25) is 5.91 Å². The molecule has 122 valence electrons. The molecule has 0 unspecified atom stereocenters. The largest absolute Gasteiger partial charge is 0.435 e. The summed E-state index contributed by atoms with van der Waals surface area (Å²) >= 11 is 0. The Morgan fingerprint density at radius 3 is 2.50 bits per heavy atom. The zero-order chi connectivity index (χ0) is 16.6. The van der Waals surface area contributed by atoms with Crippen molar-refractivity contribution in [1.82, 2.24) is 5.32 Å². The molecule has 0 radical (unpaired) electrons. The summed E-state index contributed by atoms with van der Waals surface area (Å²) in [6.07, 6.45) is 4.27. The average molecular weight is 333 g/mol. The minimum atomic E-state index is -3.02. The van der Waals surface area contributed by atoms with Gasteiger partial charge in [0.15, 0.2) is 0 Å². The summed E-state index contributed by atoms with van der Waals surface area (Å²) in [5.74, 6) is -0.304. The van der Waals surface area contributed by atoms with Crippen LogP contribution in [0.25, 0.3) is 6.08 Å². The van der Waals surface area contributed by atoms with Crippen molar-refractivity contribution in [3.05, 3.63) is 35.9 Å². The van der Waals surface area contributed by atoms with Crippen LogP contribution in [-0.2, 0) is 14.6 Å². The van der Waals surface area contributed by atoms with Gasteiger partial charge in [-0.2, -0.15) is 8.78 Å². The van der Waals surface area contributed by atoms with Crippen LogP contribution in [0.4, 0.5) is 8.78 Å². The normalized spacial score (nSPS) is 11.8. The number of carbonyl (C=O) groups excluding carboxylic acids is 1. The number of amides is 1. The van der Waals surface area contributed by atoms with Gasteiger partial charge in [-0.1, -0.05) is 12.1 Å². The van der Waals surface area contributed by atoms with Crippen LogP contribution in [0, 0.1) is 0 Å². The summed E-state index contributed by atoms with van der Waals surface area (Å²) in [7, 11) is -3.02. The van der Waals surface area contributed by atoms with Crippen LogP contribution in [0.15, 0.2) is 30.3 Å². The molecule has 0 saturated carbocycles. The molecule has 22 heavy (non-hydrogen) atoms. The van der Waals surface area contributed by atoms with Crippen LogP contribution in [0.2, 0.25) is 0 Å². The van der Waals surface area contributed by atoms with Crippen molar-refractivity contribution in [2.24, 2.45) is 0 Å². The molecular formula is C14H17F2NO4S. The fraction of sp³-hybridized carbons (Fsp3) is 0.357. The number of benzene rings is 1. The number of halogens is 2. The minimum absolute atomic E-state index is 0.0165. The van der Waals surface area contributed by atoms with Crippen molar-refractivity contribution >= 4 is 21.8 Å². The van der Waals surface area contributed by atoms with Gasteiger partial charge in [-0.25, -0.2) is 8.42 Å². The van der Waals surface area contributed by atoms with E-state index >= 15 is 0 Å². The second kappa shape index (κ2) is 8.47. The van der Waals surface area contributed by atoms with Crippen LogP contribution in [0.1, 0.15) is 12.0 Å². The molecule has 0 aliphatic heterocycles. The molecule has 5 nitrogen and oxygen atoms in total. The Kier molecular flexibility index (Phi) is 6.97. The van der Waals surface area contributed by atoms with Gasteiger partial charge < -0.3 is 10.1 Å². The minimum Gasteiger partial charge on any atom is -0.435 e. The third-order valence-electron chi connectivity index (χ3n) is 2.52. The van der Waals surface area contributed by atoms with E-state index in [1.807, 2.05) is 0 Å². The summed E-state index contributed by atoms with van der Waals surface area (Å²) in [6.45, 7) is -2.61. The molecule has 1 amide bonds. The third kappa shape index (κ3) is 8.35. The molecule has 0 spiro atoms. The van der Waals surface area contributed by atoms with Crippen molar-refractivity contribution in [2.75, 3.05) is 18.6 Å². The van der Waals surface area contributed by atoms with Crippen molar-refractivity contribution in [2.45, 2.75) is 13.0 Å². The van der Waals surface area contributed by atoms with Crippen LogP contribution < -0.4 is 10.1 Å². The van der Waals surface area contributed by atoms with Gasteiger partial charge in [0.1, 0.15) is 15.6 Å². The zero-order valence-corrected chi connectivity index (χ0v) is 12.8. The lowest BCUT2D eigenvalue weighted by molar-refractivity contribution is -0.116. The van der Waals surface area contributed by atoms with E-state index in [2.05, 4.69) is 10.1 Å². The summed E-state index contributed by atoms with van der Waals surface area (Å²) in [6, 6.07) is 5.81. The first-order chi connectivity index (χ1) is 10.3. The molecule has 0 aromatic heterocycles. The predicted octanol–water partition coefficient (Wildman–Crippen LogP) is 1.85. The van der Waals surface area contributed by atoms with E-state index < -0.39 is 16.4 Å². The lowest BCUT2D eigenvalue weighted by atomic mass is 10.2. The molecule has 0 saturated heterocycles. The second-order valence-electron chi connectivity index (χ2n) is 4.56. The first-order valence-electron chi connectivity index (χ1n) is 6.45. The molecule has 0 atom stereocenters. The van der Waals surface area contributed by atoms with E-state index in [1.165, 1.54) is 36.4 Å². The van der Waals surface area contributed by atoms with Gasteiger partial charge in [0, 0.05) is 18.9 Å². The van der Waals surface area contributed by atoms with E-state index in [0.717, 1.165) is 6.26 Å². The summed E-state index contributed by atoms with van der Waals surface area (Å²) in [4.78, 5) is 11.5. The standard InChI is InChI=1S/C14H17F2NO4S/c1-22(19,20)10-2-9-17-13(18)8-5-11-3-6-12(7-4-11)21-14(15)16/h3-8,14H,2,9-10H2,1H3,(H,17,18). The second-order valence-corrected chi connectivity index (χ2v) is 6.82. The number of alkyl halides is 2. The number of carbonyl (C=O) groups is 1. The number of rotatable bonds is 8. The molecule has 0 heterocycles. The Morgan fingerprint density at radius 1 is 1.32 bits per heavy atom. The molecule has 0 aliphatic rings. The van der Waals surface area contributed by atoms with Gasteiger partial charge in [-0.3, -0.25) is 4.79 Å². The molecular weight excluding hydrogens is 316 g/mol. The highest BCUT2D eigenvalue weighted by Crippen LogP contribution is 2.15. The molecule has 1 N–H and O–H groups in total. The molecule has 0 fully saturated rings. The van der Waals surface area contributed by atoms with Crippen LogP contribution in [0.5, 0.6) is 5.75 Å². The summed E-state index contributed by atoms with van der Waals surface area (Å²) < 4.78 is 49.9. The van der Waals surface area contributed by atoms with Crippen molar-refractivity contribution in [3.8, 4) is 5.75 Å². The van der Waals surface area contributed by atoms with Crippen LogP contribution in [0.3, 0.4) is 0 Å². The number of hydrogen-bond donors (Lipinski definition) is 1. The molecule has 1 rings (SSSR count). The number of hydrogen-bond acceptors (Lipinski definition) is 4. The van der Waals surface area contributed by atoms with Crippen LogP contribution >= 0.6 is 0 Å². The topological polar surface area (TPSA) is 72.5 Å². The first-order valence-corrected chi connectivity index (χ1v) is 8.51. The maximum absolute atomic E-state index is 12.0. The molecule has 1 aromatic carbocycles. The van der Waals surface area contributed by atoms with Crippen molar-refractivity contribution in [1.29, 1.82) is 0 Å². The summed E-state index contributed by atoms with van der Waals surface area (Å²) in [5.41, 5.74) is 0.646. The van der Waals surface area contributed by atoms with Gasteiger partial charge in [-0.15, -0.1) is 0 Å². The molecule has 0 aliphatic carbocycles. The highest BCUT2D eigenvalue weighted by Gasteiger charge is 2.03. The van der Waals surface area contributed by atoms with Crippen LogP contribution in [-0.4, -0.2) is 39.5 Å². The third-order valence-corrected chi connectivity index (χ3v) is 3.55. The van der Waals surface area contributed by atoms with E-state index in [-0.39, 0.29) is 24.0 Å². The van der Waals surface area contributed by atoms with Gasteiger partial charge >= 0.3 is 6.61 Å². The average Bonchev–Trinajstić information content (AvgIpc) is 2.41. The maximum atomic E-state index is 12.0. The van der Waals surface area contributed by atoms with Crippen molar-refractivity contribution < 1.29 is 26.7 Å². The molecule has 0 bridgehead atoms. The smallest absolute Gasteiger partial charge is 0.387 e. The fourth-order valence-corrected chi connectivity index (χ4v) is 2.21. The Morgan fingerprint density at radius 2 is 1.95 bits per heavy atom.